The van der Waals surface area contributed by atoms with E-state index in [4.69, 9.17) is 5.26 Å². The van der Waals surface area contributed by atoms with E-state index in [1.54, 1.807) is 6.07 Å². The van der Waals surface area contributed by atoms with E-state index in [9.17, 15) is 9.59 Å². The highest BCUT2D eigenvalue weighted by atomic mass is 79.9. The van der Waals surface area contributed by atoms with Crippen molar-refractivity contribution in [2.24, 2.45) is 0 Å². The monoisotopic (exact) mass is 296 g/mol. The van der Waals surface area contributed by atoms with Crippen molar-refractivity contribution in [1.29, 1.82) is 5.26 Å². The first kappa shape index (κ1) is 13.2. The van der Waals surface area contributed by atoms with Crippen LogP contribution in [0.5, 0.6) is 0 Å². The summed E-state index contributed by atoms with van der Waals surface area (Å²) >= 11 is 3.12. The molecule has 0 saturated heterocycles. The number of nitrogens with zero attached hydrogens (tertiary/aromatic N) is 2. The Hall–Kier alpha value is -1.87. The topological polar surface area (TPSA) is 72.1 Å². The maximum absolute atomic E-state index is 11.7. The minimum Gasteiger partial charge on any atom is -0.465 e. The number of hydrogen-bond acceptors (Lipinski definition) is 4. The molecule has 0 aliphatic heterocycles. The highest BCUT2D eigenvalue weighted by Gasteiger charge is 2.12. The van der Waals surface area contributed by atoms with Gasteiger partial charge in [-0.2, -0.15) is 5.26 Å². The minimum atomic E-state index is -0.601. The molecule has 0 atom stereocenters. The van der Waals surface area contributed by atoms with Gasteiger partial charge in [0.05, 0.1) is 19.2 Å². The average Bonchev–Trinajstić information content (AvgIpc) is 2.30. The molecule has 0 aromatic carbocycles. The molecule has 17 heavy (non-hydrogen) atoms. The largest absolute Gasteiger partial charge is 0.465 e. The number of ether oxygens (including phenoxy) is 1. The van der Waals surface area contributed by atoms with Crippen LogP contribution in [0.4, 0.5) is 0 Å². The Morgan fingerprint density at radius 1 is 1.71 bits per heavy atom. The molecular weight excluding hydrogens is 288 g/mol. The fraction of sp³-hybridized carbons (Fsp3) is 0.182. The lowest BCUT2D eigenvalue weighted by Crippen LogP contribution is -2.24. The molecule has 1 aromatic heterocycles. The number of methoxy groups -OCH3 is 1. The van der Waals surface area contributed by atoms with Crippen LogP contribution < -0.4 is 5.56 Å². The van der Waals surface area contributed by atoms with Crippen LogP contribution in [0.1, 0.15) is 15.9 Å². The third kappa shape index (κ3) is 3.04. The summed E-state index contributed by atoms with van der Waals surface area (Å²) < 4.78 is 6.32. The van der Waals surface area contributed by atoms with Crippen LogP contribution >= 0.6 is 15.9 Å². The quantitative estimate of drug-likeness (QED) is 0.791. The molecule has 1 aromatic rings. The molecule has 6 heteroatoms. The van der Waals surface area contributed by atoms with Gasteiger partial charge < -0.3 is 9.30 Å². The molecule has 0 aliphatic carbocycles. The van der Waals surface area contributed by atoms with E-state index in [1.165, 1.54) is 23.9 Å². The molecule has 0 spiro atoms. The van der Waals surface area contributed by atoms with Crippen LogP contribution in [0.2, 0.25) is 0 Å². The number of carbonyl (C=O) groups excluding carboxylic acids is 1. The van der Waals surface area contributed by atoms with Crippen LogP contribution in [-0.4, -0.2) is 17.6 Å². The number of nitriles is 1. The Bertz CT molecular complexity index is 569. The van der Waals surface area contributed by atoms with Crippen LogP contribution in [0.25, 0.3) is 0 Å². The number of hydrogen-bond donors (Lipinski definition) is 0. The maximum Gasteiger partial charge on any atom is 0.339 e. The van der Waals surface area contributed by atoms with Gasteiger partial charge in [-0.15, -0.1) is 0 Å². The average molecular weight is 297 g/mol. The van der Waals surface area contributed by atoms with Crippen LogP contribution in [-0.2, 0) is 11.3 Å². The number of halogens is 1. The van der Waals surface area contributed by atoms with Gasteiger partial charge in [-0.3, -0.25) is 4.79 Å². The predicted octanol–water partition coefficient (Wildman–Crippen LogP) is 1.42. The number of carbonyl (C=O) groups is 1. The second-order valence-electron chi connectivity index (χ2n) is 3.20. The number of pyridine rings is 1. The van der Waals surface area contributed by atoms with Crippen molar-refractivity contribution in [3.63, 3.8) is 0 Å². The van der Waals surface area contributed by atoms with Crippen LogP contribution in [0.3, 0.4) is 0 Å². The van der Waals surface area contributed by atoms with E-state index < -0.39 is 11.5 Å². The molecule has 0 bridgehead atoms. The lowest BCUT2D eigenvalue weighted by Gasteiger charge is -2.07. The van der Waals surface area contributed by atoms with Gasteiger partial charge >= 0.3 is 5.97 Å². The first-order chi connectivity index (χ1) is 7.99. The number of allylic oxidation sites excluding steroid dienone is 1. The highest BCUT2D eigenvalue weighted by Crippen LogP contribution is 2.07. The van der Waals surface area contributed by atoms with Gasteiger partial charge in [0.15, 0.2) is 0 Å². The second kappa shape index (κ2) is 5.46. The van der Waals surface area contributed by atoms with E-state index in [2.05, 4.69) is 27.2 Å². The molecule has 0 N–H and O–H groups in total. The van der Waals surface area contributed by atoms with E-state index in [0.717, 1.165) is 0 Å². The molecule has 1 heterocycles. The fourth-order valence-corrected chi connectivity index (χ4v) is 1.52. The summed E-state index contributed by atoms with van der Waals surface area (Å²) in [6, 6.07) is 2.95. The van der Waals surface area contributed by atoms with Gasteiger partial charge in [-0.25, -0.2) is 4.79 Å². The van der Waals surface area contributed by atoms with Gasteiger partial charge in [0.1, 0.15) is 11.6 Å². The minimum absolute atomic E-state index is 0.110. The first-order valence-corrected chi connectivity index (χ1v) is 5.35. The second-order valence-corrected chi connectivity index (χ2v) is 4.32. The van der Waals surface area contributed by atoms with Gasteiger partial charge in [0.2, 0.25) is 0 Å². The molecule has 0 fully saturated rings. The fourth-order valence-electron chi connectivity index (χ4n) is 1.25. The SMILES string of the molecule is C=C(Br)Cn1cc(C(=O)OC)cc(C#N)c1=O. The zero-order valence-corrected chi connectivity index (χ0v) is 10.7. The third-order valence-electron chi connectivity index (χ3n) is 1.97. The standard InChI is InChI=1S/C11H9BrN2O3/c1-7(12)5-14-6-9(11(16)17-2)3-8(4-13)10(14)15/h3,6H,1,5H2,2H3. The van der Waals surface area contributed by atoms with Gasteiger partial charge in [-0.1, -0.05) is 22.5 Å². The van der Waals surface area contributed by atoms with Gasteiger partial charge in [-0.05, 0) is 6.07 Å². The molecular formula is C11H9BrN2O3. The number of rotatable bonds is 3. The molecule has 0 aliphatic rings. The summed E-state index contributed by atoms with van der Waals surface area (Å²) in [7, 11) is 1.23. The number of esters is 1. The summed E-state index contributed by atoms with van der Waals surface area (Å²) in [5.41, 5.74) is -0.431. The Balaban J connectivity index is 3.39. The Labute approximate surface area is 106 Å². The van der Waals surface area contributed by atoms with Gasteiger partial charge in [0.25, 0.3) is 5.56 Å². The molecule has 5 nitrogen and oxygen atoms in total. The Kier molecular flexibility index (Phi) is 4.24. The van der Waals surface area contributed by atoms with Crippen LogP contribution in [0.15, 0.2) is 28.1 Å². The molecule has 0 saturated carbocycles. The summed E-state index contributed by atoms with van der Waals surface area (Å²) in [5.74, 6) is -0.601. The van der Waals surface area contributed by atoms with Crippen molar-refractivity contribution in [2.75, 3.05) is 7.11 Å². The van der Waals surface area contributed by atoms with Crippen LogP contribution in [0, 0.1) is 11.3 Å². The predicted molar refractivity (Wildman–Crippen MR) is 64.8 cm³/mol. The first-order valence-electron chi connectivity index (χ1n) is 4.55. The van der Waals surface area contributed by atoms with Crippen molar-refractivity contribution in [3.05, 3.63) is 44.8 Å². The summed E-state index contributed by atoms with van der Waals surface area (Å²) in [4.78, 5) is 23.1. The van der Waals surface area contributed by atoms with Crippen molar-refractivity contribution in [1.82, 2.24) is 4.57 Å². The van der Waals surface area contributed by atoms with E-state index in [0.29, 0.717) is 4.48 Å². The normalized spacial score (nSPS) is 9.47. The maximum atomic E-state index is 11.7. The molecule has 1 rings (SSSR count). The smallest absolute Gasteiger partial charge is 0.339 e. The lowest BCUT2D eigenvalue weighted by molar-refractivity contribution is 0.0599. The zero-order chi connectivity index (χ0) is 13.0. The Morgan fingerprint density at radius 3 is 2.82 bits per heavy atom. The third-order valence-corrected chi connectivity index (χ3v) is 2.22. The lowest BCUT2D eigenvalue weighted by atomic mass is 10.2. The van der Waals surface area contributed by atoms with E-state index in [1.807, 2.05) is 0 Å². The van der Waals surface area contributed by atoms with E-state index in [-0.39, 0.29) is 17.7 Å². The van der Waals surface area contributed by atoms with Crippen molar-refractivity contribution in [3.8, 4) is 6.07 Å². The van der Waals surface area contributed by atoms with Crippen molar-refractivity contribution < 1.29 is 9.53 Å². The molecule has 0 radical (unpaired) electrons. The molecule has 88 valence electrons. The van der Waals surface area contributed by atoms with Gasteiger partial charge in [0, 0.05) is 10.7 Å². The summed E-state index contributed by atoms with van der Waals surface area (Å²) in [6.45, 7) is 3.78. The Morgan fingerprint density at radius 2 is 2.35 bits per heavy atom. The molecule has 0 unspecified atom stereocenters. The summed E-state index contributed by atoms with van der Waals surface area (Å²) in [6.07, 6.45) is 1.33. The van der Waals surface area contributed by atoms with Crippen molar-refractivity contribution >= 4 is 21.9 Å². The zero-order valence-electron chi connectivity index (χ0n) is 9.07. The van der Waals surface area contributed by atoms with Crippen molar-refractivity contribution in [2.45, 2.75) is 6.54 Å². The molecule has 0 amide bonds. The highest BCUT2D eigenvalue weighted by molar-refractivity contribution is 9.11. The number of aromatic nitrogens is 1. The summed E-state index contributed by atoms with van der Waals surface area (Å²) in [5, 5.41) is 8.81. The van der Waals surface area contributed by atoms with E-state index >= 15 is 0 Å².